The van der Waals surface area contributed by atoms with Crippen molar-refractivity contribution >= 4 is 23.2 Å². The molecule has 0 aromatic heterocycles. The summed E-state index contributed by atoms with van der Waals surface area (Å²) in [5, 5.41) is 19.2. The Balaban J connectivity index is 2.34. The predicted octanol–water partition coefficient (Wildman–Crippen LogP) is 4.36. The van der Waals surface area contributed by atoms with Crippen molar-refractivity contribution in [3.63, 3.8) is 0 Å². The molecule has 0 aliphatic rings. The summed E-state index contributed by atoms with van der Waals surface area (Å²) < 4.78 is 5.44. The van der Waals surface area contributed by atoms with E-state index < -0.39 is 0 Å². The highest BCUT2D eigenvalue weighted by atomic mass is 35.5. The van der Waals surface area contributed by atoms with Gasteiger partial charge in [0, 0.05) is 16.1 Å². The first-order valence-corrected chi connectivity index (χ1v) is 5.71. The quantitative estimate of drug-likeness (QED) is 0.889. The molecule has 5 heteroatoms. The number of hydrogen-bond acceptors (Lipinski definition) is 3. The van der Waals surface area contributed by atoms with Crippen LogP contribution in [0, 0.1) is 11.3 Å². The minimum atomic E-state index is -0.0824. The highest BCUT2D eigenvalue weighted by Gasteiger charge is 2.06. The van der Waals surface area contributed by atoms with Gasteiger partial charge in [-0.1, -0.05) is 23.2 Å². The molecule has 0 aliphatic heterocycles. The highest BCUT2D eigenvalue weighted by molar-refractivity contribution is 6.31. The average Bonchev–Trinajstić information content (AvgIpc) is 2.32. The molecular weight excluding hydrogens is 273 g/mol. The largest absolute Gasteiger partial charge is 0.504 e. The third kappa shape index (κ3) is 2.86. The lowest BCUT2D eigenvalue weighted by atomic mass is 10.2. The third-order valence-corrected chi connectivity index (χ3v) is 2.60. The Morgan fingerprint density at radius 3 is 2.50 bits per heavy atom. The van der Waals surface area contributed by atoms with E-state index in [0.717, 1.165) is 0 Å². The Morgan fingerprint density at radius 1 is 1.06 bits per heavy atom. The van der Waals surface area contributed by atoms with Crippen molar-refractivity contribution in [2.45, 2.75) is 0 Å². The van der Waals surface area contributed by atoms with E-state index in [0.29, 0.717) is 21.4 Å². The molecule has 3 nitrogen and oxygen atoms in total. The molecule has 2 aromatic rings. The lowest BCUT2D eigenvalue weighted by Gasteiger charge is -2.08. The third-order valence-electron chi connectivity index (χ3n) is 2.15. The zero-order valence-electron chi connectivity index (χ0n) is 9.02. The second kappa shape index (κ2) is 5.18. The number of nitriles is 1. The average molecular weight is 280 g/mol. The van der Waals surface area contributed by atoms with Crippen LogP contribution < -0.4 is 4.74 Å². The van der Waals surface area contributed by atoms with E-state index in [2.05, 4.69) is 0 Å². The van der Waals surface area contributed by atoms with E-state index in [1.165, 1.54) is 24.3 Å². The molecule has 0 bridgehead atoms. The number of aromatic hydroxyl groups is 1. The molecule has 0 atom stereocenters. The lowest BCUT2D eigenvalue weighted by molar-refractivity contribution is 0.411. The van der Waals surface area contributed by atoms with Crippen LogP contribution >= 0.6 is 23.2 Å². The second-order valence-electron chi connectivity index (χ2n) is 3.50. The fraction of sp³-hybridized carbons (Fsp3) is 0. The van der Waals surface area contributed by atoms with Gasteiger partial charge in [-0.15, -0.1) is 0 Å². The van der Waals surface area contributed by atoms with Crippen molar-refractivity contribution in [1.29, 1.82) is 5.26 Å². The summed E-state index contributed by atoms with van der Waals surface area (Å²) in [6.45, 7) is 0. The number of ether oxygens (including phenoxy) is 1. The van der Waals surface area contributed by atoms with E-state index in [4.69, 9.17) is 33.2 Å². The number of phenolic OH excluding ortho intramolecular Hbond substituents is 1. The molecule has 0 fully saturated rings. The van der Waals surface area contributed by atoms with Crippen molar-refractivity contribution in [3.05, 3.63) is 52.0 Å². The molecule has 0 heterocycles. The van der Waals surface area contributed by atoms with E-state index >= 15 is 0 Å². The zero-order chi connectivity index (χ0) is 13.1. The minimum absolute atomic E-state index is 0.0824. The summed E-state index contributed by atoms with van der Waals surface area (Å²) in [7, 11) is 0. The van der Waals surface area contributed by atoms with Gasteiger partial charge >= 0.3 is 0 Å². The molecule has 0 aliphatic carbocycles. The summed E-state index contributed by atoms with van der Waals surface area (Å²) in [6.07, 6.45) is 0. The first kappa shape index (κ1) is 12.6. The van der Waals surface area contributed by atoms with Crippen LogP contribution in [0.5, 0.6) is 17.2 Å². The van der Waals surface area contributed by atoms with Crippen LogP contribution in [0.15, 0.2) is 36.4 Å². The molecule has 1 N–H and O–H groups in total. The Kier molecular flexibility index (Phi) is 3.61. The van der Waals surface area contributed by atoms with Crippen molar-refractivity contribution < 1.29 is 9.84 Å². The van der Waals surface area contributed by atoms with Gasteiger partial charge in [-0.25, -0.2) is 0 Å². The summed E-state index contributed by atoms with van der Waals surface area (Å²) in [5.74, 6) is 0.531. The molecule has 90 valence electrons. The molecule has 0 saturated carbocycles. The van der Waals surface area contributed by atoms with E-state index in [1.54, 1.807) is 12.1 Å². The number of phenols is 1. The van der Waals surface area contributed by atoms with Crippen molar-refractivity contribution in [3.8, 4) is 23.3 Å². The Labute approximate surface area is 114 Å². The molecule has 0 unspecified atom stereocenters. The molecule has 2 rings (SSSR count). The number of benzene rings is 2. The van der Waals surface area contributed by atoms with Gasteiger partial charge in [-0.05, 0) is 30.3 Å². The molecule has 0 spiro atoms. The zero-order valence-corrected chi connectivity index (χ0v) is 10.5. The topological polar surface area (TPSA) is 53.2 Å². The normalized spacial score (nSPS) is 9.83. The van der Waals surface area contributed by atoms with Gasteiger partial charge in [0.25, 0.3) is 0 Å². The van der Waals surface area contributed by atoms with Gasteiger partial charge in [-0.2, -0.15) is 5.26 Å². The predicted molar refractivity (Wildman–Crippen MR) is 69.4 cm³/mol. The van der Waals surface area contributed by atoms with Crippen LogP contribution in [-0.2, 0) is 0 Å². The van der Waals surface area contributed by atoms with E-state index in [1.807, 2.05) is 6.07 Å². The monoisotopic (exact) mass is 279 g/mol. The summed E-state index contributed by atoms with van der Waals surface area (Å²) >= 11 is 11.6. The van der Waals surface area contributed by atoms with Crippen LogP contribution in [-0.4, -0.2) is 5.11 Å². The Morgan fingerprint density at radius 2 is 1.83 bits per heavy atom. The summed E-state index contributed by atoms with van der Waals surface area (Å²) in [5.41, 5.74) is 0.381. The maximum Gasteiger partial charge on any atom is 0.169 e. The first-order valence-electron chi connectivity index (χ1n) is 4.95. The lowest BCUT2D eigenvalue weighted by Crippen LogP contribution is -1.86. The SMILES string of the molecule is N#Cc1cc(Cl)cc(Oc2ccc(Cl)cc2O)c1. The molecule has 0 radical (unpaired) electrons. The second-order valence-corrected chi connectivity index (χ2v) is 4.37. The van der Waals surface area contributed by atoms with Gasteiger partial charge in [0.1, 0.15) is 5.75 Å². The summed E-state index contributed by atoms with van der Waals surface area (Å²) in [4.78, 5) is 0. The number of rotatable bonds is 2. The standard InChI is InChI=1S/C13H7Cl2NO2/c14-9-1-2-13(12(17)6-9)18-11-4-8(7-16)3-10(15)5-11/h1-6,17H. The maximum atomic E-state index is 9.64. The molecule has 18 heavy (non-hydrogen) atoms. The van der Waals surface area contributed by atoms with Crippen LogP contribution in [0.3, 0.4) is 0 Å². The molecule has 2 aromatic carbocycles. The fourth-order valence-corrected chi connectivity index (χ4v) is 1.78. The van der Waals surface area contributed by atoms with Gasteiger partial charge in [0.2, 0.25) is 0 Å². The van der Waals surface area contributed by atoms with Crippen molar-refractivity contribution in [2.75, 3.05) is 0 Å². The van der Waals surface area contributed by atoms with Gasteiger partial charge < -0.3 is 9.84 Å². The maximum absolute atomic E-state index is 9.64. The molecule has 0 saturated heterocycles. The number of halogens is 2. The number of hydrogen-bond donors (Lipinski definition) is 1. The first-order chi connectivity index (χ1) is 8.58. The Bertz CT molecular complexity index is 635. The van der Waals surface area contributed by atoms with Crippen molar-refractivity contribution in [2.24, 2.45) is 0 Å². The van der Waals surface area contributed by atoms with Crippen LogP contribution in [0.25, 0.3) is 0 Å². The minimum Gasteiger partial charge on any atom is -0.504 e. The highest BCUT2D eigenvalue weighted by Crippen LogP contribution is 2.33. The number of nitrogens with zero attached hydrogens (tertiary/aromatic N) is 1. The van der Waals surface area contributed by atoms with Gasteiger partial charge in [0.05, 0.1) is 11.6 Å². The smallest absolute Gasteiger partial charge is 0.169 e. The molecule has 0 amide bonds. The summed E-state index contributed by atoms with van der Waals surface area (Å²) in [6, 6.07) is 11.1. The van der Waals surface area contributed by atoms with Gasteiger partial charge in [0.15, 0.2) is 11.5 Å². The Hall–Kier alpha value is -1.89. The van der Waals surface area contributed by atoms with Crippen LogP contribution in [0.2, 0.25) is 10.0 Å². The van der Waals surface area contributed by atoms with Crippen LogP contribution in [0.1, 0.15) is 5.56 Å². The van der Waals surface area contributed by atoms with Crippen molar-refractivity contribution in [1.82, 2.24) is 0 Å². The van der Waals surface area contributed by atoms with E-state index in [-0.39, 0.29) is 11.5 Å². The fourth-order valence-electron chi connectivity index (χ4n) is 1.39. The van der Waals surface area contributed by atoms with Gasteiger partial charge in [-0.3, -0.25) is 0 Å². The van der Waals surface area contributed by atoms with E-state index in [9.17, 15) is 5.11 Å². The van der Waals surface area contributed by atoms with Crippen LogP contribution in [0.4, 0.5) is 0 Å². The molecular formula is C13H7Cl2NO2.